The maximum Gasteiger partial charge on any atom is 0.400 e. The molecule has 0 saturated carbocycles. The molecule has 3 aromatic carbocycles. The van der Waals surface area contributed by atoms with Crippen molar-refractivity contribution < 1.29 is 32.6 Å². The lowest BCUT2D eigenvalue weighted by Crippen LogP contribution is -2.25. The van der Waals surface area contributed by atoms with Gasteiger partial charge >= 0.3 is 18.0 Å². The molecule has 0 spiro atoms. The minimum Gasteiger partial charge on any atom is -0.494 e. The standard InChI is InChI=1S/C38H48F2O5/c1-3-5-7-9-11-12-14-28-38(39,40)45-37(42)33-22-26-35(27-23-33)44-36(41)32-18-16-30(17-19-32)31-20-24-34(25-21-31)43-29-15-13-10-8-6-4-2/h16-27H,3-15,28-29H2,1-2H3. The van der Waals surface area contributed by atoms with E-state index in [0.717, 1.165) is 55.4 Å². The predicted octanol–water partition coefficient (Wildman–Crippen LogP) is 11.2. The molecule has 0 aliphatic heterocycles. The van der Waals surface area contributed by atoms with Crippen molar-refractivity contribution in [3.8, 4) is 22.6 Å². The Labute approximate surface area is 267 Å². The Morgan fingerprint density at radius 1 is 0.556 bits per heavy atom. The molecule has 0 saturated heterocycles. The molecule has 0 fully saturated rings. The largest absolute Gasteiger partial charge is 0.494 e. The molecule has 7 heteroatoms. The second-order valence-corrected chi connectivity index (χ2v) is 11.5. The van der Waals surface area contributed by atoms with Crippen LogP contribution in [0.2, 0.25) is 0 Å². The van der Waals surface area contributed by atoms with Gasteiger partial charge in [-0.1, -0.05) is 109 Å². The Morgan fingerprint density at radius 2 is 1.00 bits per heavy atom. The van der Waals surface area contributed by atoms with Gasteiger partial charge in [0.2, 0.25) is 0 Å². The van der Waals surface area contributed by atoms with Crippen molar-refractivity contribution in [2.75, 3.05) is 6.61 Å². The zero-order valence-corrected chi connectivity index (χ0v) is 26.8. The van der Waals surface area contributed by atoms with Gasteiger partial charge in [0.05, 0.1) is 24.2 Å². The average molecular weight is 623 g/mol. The highest BCUT2D eigenvalue weighted by Gasteiger charge is 2.33. The van der Waals surface area contributed by atoms with E-state index in [4.69, 9.17) is 9.47 Å². The number of halogens is 2. The van der Waals surface area contributed by atoms with Gasteiger partial charge in [-0.2, -0.15) is 8.78 Å². The molecule has 5 nitrogen and oxygen atoms in total. The first kappa shape index (κ1) is 35.7. The van der Waals surface area contributed by atoms with Crippen molar-refractivity contribution in [3.63, 3.8) is 0 Å². The lowest BCUT2D eigenvalue weighted by atomic mass is 10.0. The summed E-state index contributed by atoms with van der Waals surface area (Å²) in [5, 5.41) is 0. The fraction of sp³-hybridized carbons (Fsp3) is 0.474. The highest BCUT2D eigenvalue weighted by Crippen LogP contribution is 2.27. The first-order valence-electron chi connectivity index (χ1n) is 16.6. The number of rotatable bonds is 21. The number of alkyl halides is 2. The van der Waals surface area contributed by atoms with Crippen LogP contribution in [0.1, 0.15) is 124 Å². The van der Waals surface area contributed by atoms with Crippen LogP contribution >= 0.6 is 0 Å². The summed E-state index contributed by atoms with van der Waals surface area (Å²) in [6.45, 7) is 5.06. The maximum atomic E-state index is 14.2. The number of ether oxygens (including phenoxy) is 3. The number of unbranched alkanes of at least 4 members (excludes halogenated alkanes) is 11. The van der Waals surface area contributed by atoms with Gasteiger partial charge in [0.1, 0.15) is 11.5 Å². The number of hydrogen-bond acceptors (Lipinski definition) is 5. The number of benzene rings is 3. The zero-order chi connectivity index (χ0) is 32.3. The van der Waals surface area contributed by atoms with Gasteiger partial charge in [-0.25, -0.2) is 9.59 Å². The Balaban J connectivity index is 1.42. The normalized spacial score (nSPS) is 11.3. The predicted molar refractivity (Wildman–Crippen MR) is 175 cm³/mol. The smallest absolute Gasteiger partial charge is 0.400 e. The maximum absolute atomic E-state index is 14.2. The molecule has 0 N–H and O–H groups in total. The van der Waals surface area contributed by atoms with Gasteiger partial charge in [0, 0.05) is 0 Å². The lowest BCUT2D eigenvalue weighted by Gasteiger charge is -2.16. The Morgan fingerprint density at radius 3 is 1.58 bits per heavy atom. The highest BCUT2D eigenvalue weighted by molar-refractivity contribution is 5.92. The lowest BCUT2D eigenvalue weighted by molar-refractivity contribution is -0.205. The molecule has 0 aliphatic rings. The van der Waals surface area contributed by atoms with E-state index in [1.54, 1.807) is 12.1 Å². The van der Waals surface area contributed by atoms with Crippen LogP contribution < -0.4 is 9.47 Å². The van der Waals surface area contributed by atoms with Crippen molar-refractivity contribution in [2.45, 2.75) is 110 Å². The minimum absolute atomic E-state index is 0.0442. The van der Waals surface area contributed by atoms with Crippen molar-refractivity contribution in [3.05, 3.63) is 83.9 Å². The van der Waals surface area contributed by atoms with Gasteiger partial charge in [-0.15, -0.1) is 0 Å². The van der Waals surface area contributed by atoms with Gasteiger partial charge in [0.25, 0.3) is 0 Å². The van der Waals surface area contributed by atoms with Crippen LogP contribution in [0.5, 0.6) is 11.5 Å². The second kappa shape index (κ2) is 19.6. The Bertz CT molecular complexity index is 1270. The summed E-state index contributed by atoms with van der Waals surface area (Å²) in [7, 11) is 0. The summed E-state index contributed by atoms with van der Waals surface area (Å²) in [4.78, 5) is 25.0. The molecule has 244 valence electrons. The van der Waals surface area contributed by atoms with E-state index in [1.165, 1.54) is 56.4 Å². The molecule has 0 amide bonds. The summed E-state index contributed by atoms with van der Waals surface area (Å²) in [5.41, 5.74) is 2.25. The van der Waals surface area contributed by atoms with E-state index >= 15 is 0 Å². The number of carbonyl (C=O) groups is 2. The molecule has 0 radical (unpaired) electrons. The molecular weight excluding hydrogens is 574 g/mol. The second-order valence-electron chi connectivity index (χ2n) is 11.5. The molecule has 0 heterocycles. The van der Waals surface area contributed by atoms with Crippen LogP contribution in [0.25, 0.3) is 11.1 Å². The topological polar surface area (TPSA) is 61.8 Å². The molecule has 3 aromatic rings. The third-order valence-electron chi connectivity index (χ3n) is 7.69. The Hall–Kier alpha value is -3.74. The van der Waals surface area contributed by atoms with E-state index in [2.05, 4.69) is 18.6 Å². The van der Waals surface area contributed by atoms with Gasteiger partial charge in [-0.3, -0.25) is 0 Å². The third kappa shape index (κ3) is 13.4. The zero-order valence-electron chi connectivity index (χ0n) is 26.8. The van der Waals surface area contributed by atoms with Crippen LogP contribution in [0.4, 0.5) is 8.78 Å². The molecule has 0 atom stereocenters. The van der Waals surface area contributed by atoms with Crippen molar-refractivity contribution in [2.24, 2.45) is 0 Å². The van der Waals surface area contributed by atoms with E-state index < -0.39 is 24.5 Å². The van der Waals surface area contributed by atoms with E-state index in [9.17, 15) is 18.4 Å². The summed E-state index contributed by atoms with van der Waals surface area (Å²) in [6, 6.07) is 20.3. The summed E-state index contributed by atoms with van der Waals surface area (Å²) in [5.74, 6) is -0.665. The number of hydrogen-bond donors (Lipinski definition) is 0. The fourth-order valence-corrected chi connectivity index (χ4v) is 4.97. The SMILES string of the molecule is CCCCCCCCCC(F)(F)OC(=O)c1ccc(OC(=O)c2ccc(-c3ccc(OCCCCCCCC)cc3)cc2)cc1. The molecule has 45 heavy (non-hydrogen) atoms. The first-order chi connectivity index (χ1) is 21.8. The molecule has 0 aliphatic carbocycles. The average Bonchev–Trinajstić information content (AvgIpc) is 3.04. The molecule has 3 rings (SSSR count). The first-order valence-corrected chi connectivity index (χ1v) is 16.6. The van der Waals surface area contributed by atoms with Crippen LogP contribution in [-0.4, -0.2) is 24.7 Å². The Kier molecular flexibility index (Phi) is 15.6. The molecular formula is C38H48F2O5. The van der Waals surface area contributed by atoms with Crippen LogP contribution in [-0.2, 0) is 4.74 Å². The summed E-state index contributed by atoms with van der Waals surface area (Å²) < 4.78 is 44.1. The fourth-order valence-electron chi connectivity index (χ4n) is 4.97. The molecule has 0 unspecified atom stereocenters. The minimum atomic E-state index is -3.53. The van der Waals surface area contributed by atoms with Crippen LogP contribution in [0.15, 0.2) is 72.8 Å². The van der Waals surface area contributed by atoms with E-state index in [1.807, 2.05) is 36.4 Å². The number of esters is 2. The summed E-state index contributed by atoms with van der Waals surface area (Å²) >= 11 is 0. The molecule has 0 bridgehead atoms. The van der Waals surface area contributed by atoms with Crippen molar-refractivity contribution in [1.29, 1.82) is 0 Å². The van der Waals surface area contributed by atoms with Gasteiger partial charge in [0.15, 0.2) is 0 Å². The van der Waals surface area contributed by atoms with Crippen molar-refractivity contribution in [1.82, 2.24) is 0 Å². The monoisotopic (exact) mass is 622 g/mol. The quantitative estimate of drug-likeness (QED) is 0.0672. The van der Waals surface area contributed by atoms with Crippen LogP contribution in [0, 0.1) is 0 Å². The van der Waals surface area contributed by atoms with Gasteiger partial charge in [-0.05, 0) is 72.5 Å². The van der Waals surface area contributed by atoms with E-state index in [0.29, 0.717) is 25.0 Å². The molecule has 0 aromatic heterocycles. The summed E-state index contributed by atoms with van der Waals surface area (Å²) in [6.07, 6.45) is 9.62. The van der Waals surface area contributed by atoms with Crippen molar-refractivity contribution >= 4 is 11.9 Å². The van der Waals surface area contributed by atoms with Gasteiger partial charge < -0.3 is 14.2 Å². The van der Waals surface area contributed by atoms with E-state index in [-0.39, 0.29) is 11.3 Å². The van der Waals surface area contributed by atoms with Crippen LogP contribution in [0.3, 0.4) is 0 Å². The number of carbonyl (C=O) groups excluding carboxylic acids is 2. The highest BCUT2D eigenvalue weighted by atomic mass is 19.3. The third-order valence-corrected chi connectivity index (χ3v) is 7.69.